The van der Waals surface area contributed by atoms with Crippen molar-refractivity contribution in [3.63, 3.8) is 0 Å². The molecule has 6 aromatic carbocycles. The zero-order valence-electron chi connectivity index (χ0n) is 50.6. The summed E-state index contributed by atoms with van der Waals surface area (Å²) in [6.45, 7) is 2.94. The molecule has 22 nitrogen and oxygen atoms in total. The van der Waals surface area contributed by atoms with E-state index in [-0.39, 0.29) is 41.6 Å². The number of rotatable bonds is 27. The molecule has 6 aromatic rings. The number of nitro benzene ring substituents is 1. The maximum atomic E-state index is 13.6. The van der Waals surface area contributed by atoms with Crippen LogP contribution >= 0.6 is 11.8 Å². The number of carbonyl (C=O) groups excluding carboxylic acids is 3. The fourth-order valence-electron chi connectivity index (χ4n) is 9.40. The molecule has 0 aromatic heterocycles. The Labute approximate surface area is 518 Å². The number of hydrogen-bond donors (Lipinski definition) is 5. The van der Waals surface area contributed by atoms with Gasteiger partial charge in [-0.05, 0) is 122 Å². The summed E-state index contributed by atoms with van der Waals surface area (Å²) in [7, 11) is 12.6. The number of amides is 3. The SMILES string of the molecule is COc1cc(N=Nc2ccc([N+](=O)[O-])cc2)c(OC)cc1N=Nc1ccc(N(C)CCCC(=O)NCCS/C(=C/C(C)=N)c2ccc(NC(=O)CCCNC(=O)c3ccc(C(=O)O)c(-c4c5ccc(=[N+](C)C)cc-5oc5cc(N(C)C)ccc45)c3)cc2)cc1. The van der Waals surface area contributed by atoms with Crippen LogP contribution in [0.4, 0.5) is 45.5 Å². The number of carboxylic acids is 1. The van der Waals surface area contributed by atoms with Gasteiger partial charge in [-0.3, -0.25) is 24.5 Å². The van der Waals surface area contributed by atoms with Crippen LogP contribution in [0, 0.1) is 15.5 Å². The highest BCUT2D eigenvalue weighted by molar-refractivity contribution is 8.08. The average Bonchev–Trinajstić information content (AvgIpc) is 1.22. The van der Waals surface area contributed by atoms with Crippen molar-refractivity contribution in [1.29, 1.82) is 5.41 Å². The lowest BCUT2D eigenvalue weighted by Crippen LogP contribution is -2.27. The highest BCUT2D eigenvalue weighted by Gasteiger charge is 2.24. The normalized spacial score (nSPS) is 11.4. The van der Waals surface area contributed by atoms with Crippen LogP contribution in [0.15, 0.2) is 170 Å². The molecule has 0 radical (unpaired) electrons. The third-order valence-electron chi connectivity index (χ3n) is 14.1. The lowest BCUT2D eigenvalue weighted by Gasteiger charge is -2.19. The Morgan fingerprint density at radius 2 is 1.34 bits per heavy atom. The second kappa shape index (κ2) is 30.2. The highest BCUT2D eigenvalue weighted by Crippen LogP contribution is 2.44. The number of azo groups is 2. The van der Waals surface area contributed by atoms with E-state index in [1.54, 1.807) is 43.3 Å². The smallest absolute Gasteiger partial charge is 0.336 e. The summed E-state index contributed by atoms with van der Waals surface area (Å²) >= 11 is 1.51. The number of fused-ring (bicyclic) bond motifs is 2. The van der Waals surface area contributed by atoms with Gasteiger partial charge in [0, 0.05) is 146 Å². The van der Waals surface area contributed by atoms with Gasteiger partial charge in [-0.1, -0.05) is 12.1 Å². The molecule has 89 heavy (non-hydrogen) atoms. The summed E-state index contributed by atoms with van der Waals surface area (Å²) in [6.07, 6.45) is 3.19. The van der Waals surface area contributed by atoms with Crippen LogP contribution in [0.1, 0.15) is 58.9 Å². The van der Waals surface area contributed by atoms with Crippen molar-refractivity contribution < 1.29 is 43.1 Å². The van der Waals surface area contributed by atoms with Gasteiger partial charge < -0.3 is 50.2 Å². The van der Waals surface area contributed by atoms with Crippen LogP contribution in [-0.2, 0) is 9.59 Å². The number of carboxylic acid groups (broad SMARTS) is 1. The predicted octanol–water partition coefficient (Wildman–Crippen LogP) is 13.1. The van der Waals surface area contributed by atoms with Crippen molar-refractivity contribution in [2.45, 2.75) is 32.6 Å². The van der Waals surface area contributed by atoms with Crippen LogP contribution in [0.5, 0.6) is 11.5 Å². The summed E-state index contributed by atoms with van der Waals surface area (Å²) < 4.78 is 19.5. The molecule has 0 saturated carbocycles. The minimum absolute atomic E-state index is 0.0304. The molecule has 5 N–H and O–H groups in total. The fourth-order valence-corrected chi connectivity index (χ4v) is 10.4. The molecule has 0 spiro atoms. The number of non-ortho nitro benzene ring substituents is 1. The number of aromatic carboxylic acids is 1. The molecule has 3 amide bonds. The number of ether oxygens (including phenoxy) is 2. The summed E-state index contributed by atoms with van der Waals surface area (Å²) in [5.41, 5.74) is 7.88. The van der Waals surface area contributed by atoms with E-state index >= 15 is 0 Å². The molecule has 1 aliphatic carbocycles. The molecule has 0 unspecified atom stereocenters. The maximum absolute atomic E-state index is 13.6. The molecule has 8 rings (SSSR count). The quantitative estimate of drug-likeness (QED) is 0.00610. The highest BCUT2D eigenvalue weighted by atomic mass is 32.2. The first kappa shape index (κ1) is 64.4. The summed E-state index contributed by atoms with van der Waals surface area (Å²) in [5, 5.41) is 57.2. The van der Waals surface area contributed by atoms with E-state index in [1.165, 1.54) is 62.4 Å². The largest absolute Gasteiger partial charge is 0.494 e. The van der Waals surface area contributed by atoms with Crippen molar-refractivity contribution in [2.24, 2.45) is 20.5 Å². The predicted molar refractivity (Wildman–Crippen MR) is 350 cm³/mol. The number of nitrogens with one attached hydrogen (secondary N) is 4. The first-order valence-electron chi connectivity index (χ1n) is 28.3. The first-order valence-corrected chi connectivity index (χ1v) is 29.3. The van der Waals surface area contributed by atoms with Crippen LogP contribution < -0.4 is 45.2 Å². The van der Waals surface area contributed by atoms with Crippen LogP contribution in [-0.4, -0.2) is 114 Å². The first-order chi connectivity index (χ1) is 42.8. The number of hydrogen-bond acceptors (Lipinski definition) is 17. The Morgan fingerprint density at radius 3 is 1.94 bits per heavy atom. The number of benzene rings is 7. The molecule has 0 fully saturated rings. The Balaban J connectivity index is 0.768. The third-order valence-corrected chi connectivity index (χ3v) is 15.2. The van der Waals surface area contributed by atoms with Gasteiger partial charge in [0.2, 0.25) is 17.2 Å². The van der Waals surface area contributed by atoms with E-state index in [2.05, 4.69) is 41.3 Å². The Hall–Kier alpha value is -10.6. The van der Waals surface area contributed by atoms with Gasteiger partial charge >= 0.3 is 5.97 Å². The van der Waals surface area contributed by atoms with Gasteiger partial charge in [-0.25, -0.2) is 9.37 Å². The molecule has 1 heterocycles. The van der Waals surface area contributed by atoms with Gasteiger partial charge in [-0.2, -0.15) is 10.2 Å². The van der Waals surface area contributed by atoms with E-state index in [4.69, 9.17) is 19.3 Å². The topological polar surface area (TPSA) is 282 Å². The zero-order chi connectivity index (χ0) is 63.7. The second-order valence-corrected chi connectivity index (χ2v) is 22.1. The Bertz CT molecular complexity index is 4070. The van der Waals surface area contributed by atoms with Crippen LogP contribution in [0.2, 0.25) is 0 Å². The lowest BCUT2D eigenvalue weighted by molar-refractivity contribution is -0.384. The molecule has 1 aliphatic heterocycles. The molecule has 23 heteroatoms. The molecule has 458 valence electrons. The molecule has 0 bridgehead atoms. The molecular formula is C66H69N12O10S+. The Kier molecular flexibility index (Phi) is 21.9. The van der Waals surface area contributed by atoms with E-state index in [0.717, 1.165) is 27.2 Å². The summed E-state index contributed by atoms with van der Waals surface area (Å²) in [5.74, 6) is 0.00388. The van der Waals surface area contributed by atoms with Crippen LogP contribution in [0.3, 0.4) is 0 Å². The molecule has 2 aliphatic rings. The van der Waals surface area contributed by atoms with Gasteiger partial charge in [-0.15, -0.1) is 22.0 Å². The van der Waals surface area contributed by atoms with Crippen molar-refractivity contribution >= 4 is 103 Å². The fraction of sp³-hybridized carbons (Fsp3) is 0.242. The van der Waals surface area contributed by atoms with Crippen molar-refractivity contribution in [1.82, 2.24) is 15.2 Å². The van der Waals surface area contributed by atoms with E-state index in [9.17, 15) is 34.4 Å². The van der Waals surface area contributed by atoms with E-state index < -0.39 is 16.8 Å². The van der Waals surface area contributed by atoms with E-state index in [1.807, 2.05) is 118 Å². The standard InChI is InChI=1S/C66H68N12O10S/c1-41(67)35-61(89-34-32-68-62(79)12-10-33-77(6)47-22-18-45(19-23-47)71-73-55-39-60(87-8)56(40-59(55)86-7)74-72-46-20-24-48(25-21-46)78(84)85)42-13-16-44(17-14-42)70-63(80)11-9-31-69-65(81)43-15-28-51(66(82)83)54(36-43)64-52-29-26-49(75(2)3)37-57(52)88-58-38-50(76(4)5)27-30-53(58)64/h13-30,35-40H,9-12,31-34H2,1-8H3,(H4-,67,68,69,70,79,80,81,82,83)/p+1. The maximum Gasteiger partial charge on any atom is 0.336 e. The summed E-state index contributed by atoms with van der Waals surface area (Å²) in [6, 6.07) is 39.7. The molecule has 0 saturated heterocycles. The van der Waals surface area contributed by atoms with Gasteiger partial charge in [0.05, 0.1) is 42.1 Å². The number of anilines is 3. The minimum Gasteiger partial charge on any atom is -0.494 e. The average molecular weight is 1220 g/mol. The van der Waals surface area contributed by atoms with Crippen molar-refractivity contribution in [2.75, 3.05) is 90.0 Å². The van der Waals surface area contributed by atoms with Gasteiger partial charge in [0.25, 0.3) is 11.6 Å². The molecule has 0 atom stereocenters. The number of thioether (sulfide) groups is 1. The molecular weight excluding hydrogens is 1150 g/mol. The van der Waals surface area contributed by atoms with Crippen molar-refractivity contribution in [3.8, 4) is 33.9 Å². The van der Waals surface area contributed by atoms with Crippen LogP contribution in [0.25, 0.3) is 38.3 Å². The third kappa shape index (κ3) is 17.1. The minimum atomic E-state index is -1.14. The van der Waals surface area contributed by atoms with Gasteiger partial charge in [0.15, 0.2) is 0 Å². The number of methoxy groups -OCH3 is 2. The number of allylic oxidation sites excluding steroid dienone is 1. The number of nitrogens with zero attached hydrogens (tertiary/aromatic N) is 8. The number of nitro groups is 1. The summed E-state index contributed by atoms with van der Waals surface area (Å²) in [4.78, 5) is 67.7. The Morgan fingerprint density at radius 1 is 0.708 bits per heavy atom. The monoisotopic (exact) mass is 1220 g/mol. The zero-order valence-corrected chi connectivity index (χ0v) is 51.4. The van der Waals surface area contributed by atoms with Crippen molar-refractivity contribution in [3.05, 3.63) is 178 Å². The lowest BCUT2D eigenvalue weighted by atomic mass is 9.89. The van der Waals surface area contributed by atoms with Gasteiger partial charge in [0.1, 0.15) is 48.3 Å². The number of carbonyl (C=O) groups is 4. The van der Waals surface area contributed by atoms with E-state index in [0.29, 0.717) is 117 Å². The second-order valence-electron chi connectivity index (χ2n) is 21.0.